The molecule has 1 aromatic rings. The molecule has 0 spiro atoms. The highest BCUT2D eigenvalue weighted by atomic mass is 16.6. The SMILES string of the molecule is COc1ccc([C@H]2CC(C)(O)OC3=C2C(=O)CC(C)(C)C3)cc1. The Bertz CT molecular complexity index is 648. The molecule has 2 aliphatic rings. The first kappa shape index (κ1) is 16.1. The molecule has 0 fully saturated rings. The molecule has 1 heterocycles. The lowest BCUT2D eigenvalue weighted by molar-refractivity contribution is -0.184. The summed E-state index contributed by atoms with van der Waals surface area (Å²) in [4.78, 5) is 12.7. The molecule has 0 aromatic heterocycles. The zero-order valence-electron chi connectivity index (χ0n) is 14.2. The molecule has 1 aliphatic carbocycles. The monoisotopic (exact) mass is 316 g/mol. The van der Waals surface area contributed by atoms with Crippen LogP contribution in [-0.2, 0) is 9.53 Å². The van der Waals surface area contributed by atoms with Crippen LogP contribution in [0.3, 0.4) is 0 Å². The Hall–Kier alpha value is -1.81. The van der Waals surface area contributed by atoms with E-state index in [1.807, 2.05) is 24.3 Å². The largest absolute Gasteiger partial charge is 0.497 e. The highest BCUT2D eigenvalue weighted by Crippen LogP contribution is 2.49. The summed E-state index contributed by atoms with van der Waals surface area (Å²) in [6.07, 6.45) is 1.57. The Morgan fingerprint density at radius 3 is 2.43 bits per heavy atom. The number of aliphatic hydroxyl groups is 1. The van der Waals surface area contributed by atoms with Crippen LogP contribution >= 0.6 is 0 Å². The number of ketones is 1. The van der Waals surface area contributed by atoms with Crippen molar-refractivity contribution >= 4 is 5.78 Å². The summed E-state index contributed by atoms with van der Waals surface area (Å²) in [5.41, 5.74) is 1.62. The van der Waals surface area contributed by atoms with Crippen molar-refractivity contribution in [3.63, 3.8) is 0 Å². The van der Waals surface area contributed by atoms with Crippen LogP contribution in [0.4, 0.5) is 0 Å². The van der Waals surface area contributed by atoms with E-state index in [9.17, 15) is 9.90 Å². The van der Waals surface area contributed by atoms with Gasteiger partial charge >= 0.3 is 0 Å². The lowest BCUT2D eigenvalue weighted by Crippen LogP contribution is -2.41. The van der Waals surface area contributed by atoms with Gasteiger partial charge in [0.25, 0.3) is 0 Å². The topological polar surface area (TPSA) is 55.8 Å². The van der Waals surface area contributed by atoms with E-state index in [0.29, 0.717) is 25.0 Å². The van der Waals surface area contributed by atoms with Crippen LogP contribution < -0.4 is 4.74 Å². The van der Waals surface area contributed by atoms with Gasteiger partial charge in [-0.3, -0.25) is 4.79 Å². The number of Topliss-reactive ketones (excluding diaryl/α,β-unsaturated/α-hetero) is 1. The van der Waals surface area contributed by atoms with Crippen molar-refractivity contribution in [1.82, 2.24) is 0 Å². The average molecular weight is 316 g/mol. The lowest BCUT2D eigenvalue weighted by Gasteiger charge is -2.43. The maximum absolute atomic E-state index is 12.7. The van der Waals surface area contributed by atoms with Crippen molar-refractivity contribution in [2.45, 2.75) is 51.7 Å². The third-order valence-electron chi connectivity index (χ3n) is 4.67. The Labute approximate surface area is 137 Å². The predicted octanol–water partition coefficient (Wildman–Crippen LogP) is 3.55. The molecular weight excluding hydrogens is 292 g/mol. The highest BCUT2D eigenvalue weighted by molar-refractivity contribution is 5.98. The number of ether oxygens (including phenoxy) is 2. The Kier molecular flexibility index (Phi) is 3.75. The van der Waals surface area contributed by atoms with E-state index in [0.717, 1.165) is 16.9 Å². The first-order chi connectivity index (χ1) is 10.7. The first-order valence-electron chi connectivity index (χ1n) is 8.02. The number of carbonyl (C=O) groups is 1. The van der Waals surface area contributed by atoms with Crippen molar-refractivity contribution in [3.8, 4) is 5.75 Å². The standard InChI is InChI=1S/C19H24O4/c1-18(2)10-15(20)17-14(9-19(3,21)23-16(17)11-18)12-5-7-13(22-4)8-6-12/h5-8,14,21H,9-11H2,1-4H3/t14-,19?/m1/s1. The summed E-state index contributed by atoms with van der Waals surface area (Å²) < 4.78 is 11.0. The molecule has 1 aromatic carbocycles. The van der Waals surface area contributed by atoms with E-state index >= 15 is 0 Å². The van der Waals surface area contributed by atoms with Crippen molar-refractivity contribution in [3.05, 3.63) is 41.2 Å². The molecule has 3 rings (SSSR count). The van der Waals surface area contributed by atoms with Gasteiger partial charge in [-0.2, -0.15) is 0 Å². The van der Waals surface area contributed by atoms with Gasteiger partial charge in [0.1, 0.15) is 11.5 Å². The third kappa shape index (κ3) is 3.13. The van der Waals surface area contributed by atoms with Gasteiger partial charge in [0, 0.05) is 37.7 Å². The van der Waals surface area contributed by atoms with E-state index in [-0.39, 0.29) is 17.1 Å². The van der Waals surface area contributed by atoms with Crippen LogP contribution in [0.25, 0.3) is 0 Å². The molecule has 2 atom stereocenters. The molecule has 23 heavy (non-hydrogen) atoms. The van der Waals surface area contributed by atoms with E-state index in [4.69, 9.17) is 9.47 Å². The number of allylic oxidation sites excluding steroid dienone is 2. The summed E-state index contributed by atoms with van der Waals surface area (Å²) in [6.45, 7) is 5.78. The Morgan fingerprint density at radius 2 is 1.83 bits per heavy atom. The van der Waals surface area contributed by atoms with Crippen molar-refractivity contribution in [1.29, 1.82) is 0 Å². The summed E-state index contributed by atoms with van der Waals surface area (Å²) in [6, 6.07) is 7.69. The van der Waals surface area contributed by atoms with Crippen LogP contribution in [0.5, 0.6) is 5.75 Å². The summed E-state index contributed by atoms with van der Waals surface area (Å²) in [7, 11) is 1.63. The van der Waals surface area contributed by atoms with Crippen LogP contribution in [-0.4, -0.2) is 23.8 Å². The summed E-state index contributed by atoms with van der Waals surface area (Å²) >= 11 is 0. The number of methoxy groups -OCH3 is 1. The van der Waals surface area contributed by atoms with E-state index in [1.54, 1.807) is 14.0 Å². The van der Waals surface area contributed by atoms with Crippen molar-refractivity contribution < 1.29 is 19.4 Å². The number of carbonyl (C=O) groups excluding carboxylic acids is 1. The smallest absolute Gasteiger partial charge is 0.205 e. The molecule has 1 N–H and O–H groups in total. The second-order valence-electron chi connectivity index (χ2n) is 7.58. The summed E-state index contributed by atoms with van der Waals surface area (Å²) in [5.74, 6) is 0.175. The number of benzene rings is 1. The molecule has 124 valence electrons. The third-order valence-corrected chi connectivity index (χ3v) is 4.67. The molecule has 4 nitrogen and oxygen atoms in total. The molecule has 0 radical (unpaired) electrons. The fraction of sp³-hybridized carbons (Fsp3) is 0.526. The average Bonchev–Trinajstić information content (AvgIpc) is 2.43. The molecule has 4 heteroatoms. The van der Waals surface area contributed by atoms with Crippen molar-refractivity contribution in [2.75, 3.05) is 7.11 Å². The van der Waals surface area contributed by atoms with Gasteiger partial charge in [0.15, 0.2) is 5.78 Å². The van der Waals surface area contributed by atoms with Gasteiger partial charge in [0.05, 0.1) is 7.11 Å². The molecule has 0 bridgehead atoms. The zero-order chi connectivity index (χ0) is 16.8. The van der Waals surface area contributed by atoms with Gasteiger partial charge in [-0.15, -0.1) is 0 Å². The normalized spacial score (nSPS) is 29.8. The molecule has 0 amide bonds. The molecular formula is C19H24O4. The van der Waals surface area contributed by atoms with Gasteiger partial charge in [0.2, 0.25) is 5.79 Å². The maximum atomic E-state index is 12.7. The quantitative estimate of drug-likeness (QED) is 0.906. The van der Waals surface area contributed by atoms with E-state index < -0.39 is 5.79 Å². The van der Waals surface area contributed by atoms with Gasteiger partial charge in [-0.05, 0) is 23.1 Å². The van der Waals surface area contributed by atoms with Crippen LogP contribution in [0.15, 0.2) is 35.6 Å². The zero-order valence-corrected chi connectivity index (χ0v) is 14.2. The Morgan fingerprint density at radius 1 is 1.17 bits per heavy atom. The van der Waals surface area contributed by atoms with Crippen LogP contribution in [0, 0.1) is 5.41 Å². The van der Waals surface area contributed by atoms with Gasteiger partial charge < -0.3 is 14.6 Å². The Balaban J connectivity index is 2.05. The molecule has 1 unspecified atom stereocenters. The second-order valence-corrected chi connectivity index (χ2v) is 7.58. The minimum Gasteiger partial charge on any atom is -0.497 e. The van der Waals surface area contributed by atoms with Gasteiger partial charge in [-0.25, -0.2) is 0 Å². The lowest BCUT2D eigenvalue weighted by atomic mass is 9.70. The minimum absolute atomic E-state index is 0.131. The second kappa shape index (κ2) is 5.38. The molecule has 0 saturated carbocycles. The fourth-order valence-electron chi connectivity index (χ4n) is 3.67. The minimum atomic E-state index is -1.25. The van der Waals surface area contributed by atoms with Crippen molar-refractivity contribution in [2.24, 2.45) is 5.41 Å². The van der Waals surface area contributed by atoms with Crippen LogP contribution in [0.1, 0.15) is 51.5 Å². The molecule has 1 aliphatic heterocycles. The number of hydrogen-bond donors (Lipinski definition) is 1. The fourth-order valence-corrected chi connectivity index (χ4v) is 3.67. The van der Waals surface area contributed by atoms with E-state index in [1.165, 1.54) is 0 Å². The maximum Gasteiger partial charge on any atom is 0.205 e. The highest BCUT2D eigenvalue weighted by Gasteiger charge is 2.45. The molecule has 0 saturated heterocycles. The van der Waals surface area contributed by atoms with E-state index in [2.05, 4.69) is 13.8 Å². The number of rotatable bonds is 2. The number of hydrogen-bond acceptors (Lipinski definition) is 4. The first-order valence-corrected chi connectivity index (χ1v) is 8.02. The summed E-state index contributed by atoms with van der Waals surface area (Å²) in [5, 5.41) is 10.5. The van der Waals surface area contributed by atoms with Gasteiger partial charge in [-0.1, -0.05) is 26.0 Å². The predicted molar refractivity (Wildman–Crippen MR) is 87.1 cm³/mol. The van der Waals surface area contributed by atoms with Crippen LogP contribution in [0.2, 0.25) is 0 Å².